The topological polar surface area (TPSA) is 123 Å². The number of fused-ring (bicyclic) bond motifs is 2. The number of rotatable bonds is 7. The summed E-state index contributed by atoms with van der Waals surface area (Å²) in [6.07, 6.45) is 5.30. The third-order valence-corrected chi connectivity index (χ3v) is 9.51. The van der Waals surface area contributed by atoms with Crippen LogP contribution < -0.4 is 20.9 Å². The Labute approximate surface area is 271 Å². The largest absolute Gasteiger partial charge is 0.481 e. The molecule has 3 aromatic heterocycles. The van der Waals surface area contributed by atoms with Gasteiger partial charge in [0.05, 0.1) is 42.1 Å². The third-order valence-electron chi connectivity index (χ3n) is 9.11. The molecule has 11 heteroatoms. The average Bonchev–Trinajstić information content (AvgIpc) is 3.47. The highest BCUT2D eigenvalue weighted by Crippen LogP contribution is 2.43. The highest BCUT2D eigenvalue weighted by Gasteiger charge is 2.33. The summed E-state index contributed by atoms with van der Waals surface area (Å²) in [6, 6.07) is 15.8. The van der Waals surface area contributed by atoms with Crippen LogP contribution >= 0.6 is 11.6 Å². The van der Waals surface area contributed by atoms with E-state index in [-0.39, 0.29) is 17.6 Å². The number of ether oxygens (including phenoxy) is 2. The van der Waals surface area contributed by atoms with Crippen LogP contribution in [0, 0.1) is 6.92 Å². The van der Waals surface area contributed by atoms with E-state index in [1.807, 2.05) is 43.3 Å². The van der Waals surface area contributed by atoms with Crippen LogP contribution in [0.4, 0.5) is 11.5 Å². The molecule has 10 nitrogen and oxygen atoms in total. The molecule has 0 unspecified atom stereocenters. The number of methoxy groups -OCH3 is 1. The number of anilines is 2. The number of aliphatic hydroxyl groups is 1. The smallest absolute Gasteiger partial charge is 0.278 e. The molecule has 2 aliphatic rings. The maximum atomic E-state index is 12.9. The Hall–Kier alpha value is -4.35. The fourth-order valence-corrected chi connectivity index (χ4v) is 6.96. The van der Waals surface area contributed by atoms with E-state index in [0.29, 0.717) is 40.7 Å². The number of benzene rings is 2. The molecule has 0 saturated carbocycles. The summed E-state index contributed by atoms with van der Waals surface area (Å²) in [6.45, 7) is 2.99. The van der Waals surface area contributed by atoms with Crippen molar-refractivity contribution in [1.29, 1.82) is 0 Å². The summed E-state index contributed by atoms with van der Waals surface area (Å²) in [5.41, 5.74) is 7.09. The standard InChI is InChI=1S/C35H35ClN6O4/c1-19-22(6-5-9-25(19)40-33-31-21(12-14-37-33)17-38-42(2)35(31)44)23-7-4-8-24(32(23)36)28-16-20-10-11-27(30(20)34(41-28)45-3)39-26-13-15-46-18-29(26)43/h4-9,12,14,16-17,26-27,29,39,43H,10-11,13,15,18H2,1-3H3,(H,37,40)/t26-,27+,29+/m1/s1. The van der Waals surface area contributed by atoms with Crippen molar-refractivity contribution < 1.29 is 14.6 Å². The van der Waals surface area contributed by atoms with Crippen LogP contribution in [-0.2, 0) is 18.2 Å². The number of pyridine rings is 2. The van der Waals surface area contributed by atoms with Crippen LogP contribution in [0.1, 0.15) is 35.6 Å². The minimum absolute atomic E-state index is 0.0348. The van der Waals surface area contributed by atoms with E-state index in [9.17, 15) is 9.90 Å². The summed E-state index contributed by atoms with van der Waals surface area (Å²) in [5, 5.41) is 23.4. The van der Waals surface area contributed by atoms with E-state index in [1.54, 1.807) is 32.6 Å². The van der Waals surface area contributed by atoms with Crippen molar-refractivity contribution >= 4 is 33.9 Å². The number of nitrogens with one attached hydrogen (secondary N) is 2. The molecule has 3 N–H and O–H groups in total. The number of hydrogen-bond acceptors (Lipinski definition) is 9. The number of aryl methyl sites for hydroxylation is 2. The van der Waals surface area contributed by atoms with Gasteiger partial charge in [0.15, 0.2) is 0 Å². The number of nitrogens with zero attached hydrogens (tertiary/aromatic N) is 4. The van der Waals surface area contributed by atoms with Gasteiger partial charge in [0.2, 0.25) is 5.88 Å². The SMILES string of the molecule is COc1nc(-c2cccc(-c3cccc(Nc4nccc5cnn(C)c(=O)c45)c3C)c2Cl)cc2c1[C@@H](N[C@@H]1CCOC[C@@H]1O)CC2. The Morgan fingerprint density at radius 3 is 2.74 bits per heavy atom. The number of hydrogen-bond donors (Lipinski definition) is 3. The molecule has 4 heterocycles. The zero-order chi connectivity index (χ0) is 31.9. The maximum absolute atomic E-state index is 12.9. The van der Waals surface area contributed by atoms with Gasteiger partial charge in [-0.2, -0.15) is 5.10 Å². The second-order valence-electron chi connectivity index (χ2n) is 11.9. The Morgan fingerprint density at radius 2 is 1.91 bits per heavy atom. The van der Waals surface area contributed by atoms with Crippen molar-refractivity contribution in [2.75, 3.05) is 25.6 Å². The van der Waals surface area contributed by atoms with Gasteiger partial charge in [0, 0.05) is 59.7 Å². The lowest BCUT2D eigenvalue weighted by molar-refractivity contribution is -0.0304. The Balaban J connectivity index is 1.23. The molecule has 1 aliphatic carbocycles. The van der Waals surface area contributed by atoms with E-state index >= 15 is 0 Å². The molecule has 7 rings (SSSR count). The van der Waals surface area contributed by atoms with Crippen LogP contribution in [0.3, 0.4) is 0 Å². The summed E-state index contributed by atoms with van der Waals surface area (Å²) in [7, 11) is 3.26. The molecule has 2 aromatic carbocycles. The van der Waals surface area contributed by atoms with Crippen molar-refractivity contribution in [2.45, 2.75) is 44.4 Å². The molecule has 0 spiro atoms. The lowest BCUT2D eigenvalue weighted by Gasteiger charge is -2.31. The van der Waals surface area contributed by atoms with Gasteiger partial charge in [-0.15, -0.1) is 0 Å². The molecule has 1 fully saturated rings. The van der Waals surface area contributed by atoms with E-state index in [0.717, 1.165) is 64.0 Å². The number of aromatic nitrogens is 4. The van der Waals surface area contributed by atoms with Crippen molar-refractivity contribution in [1.82, 2.24) is 25.1 Å². The van der Waals surface area contributed by atoms with Gasteiger partial charge in [-0.3, -0.25) is 4.79 Å². The molecule has 3 atom stereocenters. The van der Waals surface area contributed by atoms with Gasteiger partial charge in [0.25, 0.3) is 5.56 Å². The van der Waals surface area contributed by atoms with Crippen LogP contribution in [-0.4, -0.2) is 57.3 Å². The predicted octanol–water partition coefficient (Wildman–Crippen LogP) is 5.50. The molecule has 236 valence electrons. The first kappa shape index (κ1) is 30.3. The Bertz CT molecular complexity index is 2010. The minimum Gasteiger partial charge on any atom is -0.481 e. The summed E-state index contributed by atoms with van der Waals surface area (Å²) in [4.78, 5) is 22.4. The van der Waals surface area contributed by atoms with Gasteiger partial charge in [-0.05, 0) is 61.1 Å². The molecule has 0 bridgehead atoms. The lowest BCUT2D eigenvalue weighted by atomic mass is 9.96. The van der Waals surface area contributed by atoms with Crippen LogP contribution in [0.5, 0.6) is 5.88 Å². The molecule has 46 heavy (non-hydrogen) atoms. The molecule has 0 amide bonds. The van der Waals surface area contributed by atoms with Gasteiger partial charge in [0.1, 0.15) is 5.82 Å². The molecule has 0 radical (unpaired) electrons. The number of halogens is 1. The normalized spacial score (nSPS) is 19.3. The van der Waals surface area contributed by atoms with Gasteiger partial charge in [-0.25, -0.2) is 14.6 Å². The zero-order valence-electron chi connectivity index (χ0n) is 25.9. The first-order chi connectivity index (χ1) is 22.3. The second-order valence-corrected chi connectivity index (χ2v) is 12.2. The van der Waals surface area contributed by atoms with Gasteiger partial charge in [-0.1, -0.05) is 41.9 Å². The fraction of sp³-hybridized carbons (Fsp3) is 0.314. The monoisotopic (exact) mass is 638 g/mol. The quantitative estimate of drug-likeness (QED) is 0.212. The highest BCUT2D eigenvalue weighted by molar-refractivity contribution is 6.36. The average molecular weight is 639 g/mol. The van der Waals surface area contributed by atoms with Crippen molar-refractivity contribution in [3.05, 3.63) is 93.0 Å². The minimum atomic E-state index is -0.539. The van der Waals surface area contributed by atoms with Crippen molar-refractivity contribution in [3.8, 4) is 28.3 Å². The van der Waals surface area contributed by atoms with Crippen LogP contribution in [0.25, 0.3) is 33.2 Å². The second kappa shape index (κ2) is 12.4. The maximum Gasteiger partial charge on any atom is 0.278 e. The molecule has 1 aliphatic heterocycles. The summed E-state index contributed by atoms with van der Waals surface area (Å²) < 4.78 is 12.6. The highest BCUT2D eigenvalue weighted by atomic mass is 35.5. The third kappa shape index (κ3) is 5.41. The summed E-state index contributed by atoms with van der Waals surface area (Å²) in [5.74, 6) is 1.03. The first-order valence-corrected chi connectivity index (χ1v) is 15.8. The van der Waals surface area contributed by atoms with Crippen LogP contribution in [0.2, 0.25) is 5.02 Å². The van der Waals surface area contributed by atoms with Gasteiger partial charge >= 0.3 is 0 Å². The van der Waals surface area contributed by atoms with E-state index < -0.39 is 6.10 Å². The molecular weight excluding hydrogens is 604 g/mol. The molecular formula is C35H35ClN6O4. The lowest BCUT2D eigenvalue weighted by Crippen LogP contribution is -2.47. The van der Waals surface area contributed by atoms with Gasteiger partial charge < -0.3 is 25.2 Å². The Morgan fingerprint density at radius 1 is 1.11 bits per heavy atom. The fourth-order valence-electron chi connectivity index (χ4n) is 6.64. The van der Waals surface area contributed by atoms with E-state index in [2.05, 4.69) is 26.8 Å². The van der Waals surface area contributed by atoms with E-state index in [1.165, 1.54) is 4.68 Å². The first-order valence-electron chi connectivity index (χ1n) is 15.4. The molecule has 1 saturated heterocycles. The zero-order valence-corrected chi connectivity index (χ0v) is 26.6. The van der Waals surface area contributed by atoms with E-state index in [4.69, 9.17) is 26.1 Å². The predicted molar refractivity (Wildman–Crippen MR) is 179 cm³/mol. The van der Waals surface area contributed by atoms with Crippen molar-refractivity contribution in [3.63, 3.8) is 0 Å². The Kier molecular flexibility index (Phi) is 8.20. The number of aliphatic hydroxyl groups excluding tert-OH is 1. The molecule has 5 aromatic rings. The summed E-state index contributed by atoms with van der Waals surface area (Å²) >= 11 is 7.18. The van der Waals surface area contributed by atoms with Crippen molar-refractivity contribution in [2.24, 2.45) is 7.05 Å². The van der Waals surface area contributed by atoms with Crippen LogP contribution in [0.15, 0.2) is 65.7 Å².